The van der Waals surface area contributed by atoms with Crippen molar-refractivity contribution in [2.45, 2.75) is 19.3 Å². The van der Waals surface area contributed by atoms with E-state index in [-0.39, 0.29) is 5.82 Å². The molecule has 0 spiro atoms. The summed E-state index contributed by atoms with van der Waals surface area (Å²) < 4.78 is 14.2. The van der Waals surface area contributed by atoms with Crippen molar-refractivity contribution in [1.82, 2.24) is 0 Å². The smallest absolute Gasteiger partial charge is 0.128 e. The van der Waals surface area contributed by atoms with E-state index in [9.17, 15) is 4.39 Å². The zero-order valence-electron chi connectivity index (χ0n) is 7.43. The van der Waals surface area contributed by atoms with Gasteiger partial charge in [0.2, 0.25) is 0 Å². The lowest BCUT2D eigenvalue weighted by molar-refractivity contribution is 0.317. The van der Waals surface area contributed by atoms with Crippen LogP contribution in [0, 0.1) is 5.82 Å². The Labute approximate surface area is 89.6 Å². The van der Waals surface area contributed by atoms with Crippen molar-refractivity contribution >= 4 is 21.6 Å². The molecule has 1 aliphatic rings. The maximum atomic E-state index is 13.5. The molecule has 0 fully saturated rings. The van der Waals surface area contributed by atoms with Crippen LogP contribution in [0.5, 0.6) is 0 Å². The molecule has 0 bridgehead atoms. The molecule has 1 N–H and O–H groups in total. The molecule has 0 atom stereocenters. The van der Waals surface area contributed by atoms with Gasteiger partial charge >= 0.3 is 0 Å². The molecular formula is C10H9BrFNO. The maximum Gasteiger partial charge on any atom is 0.128 e. The molecule has 0 saturated heterocycles. The van der Waals surface area contributed by atoms with E-state index in [1.54, 1.807) is 6.07 Å². The minimum absolute atomic E-state index is 0.227. The molecule has 0 saturated carbocycles. The summed E-state index contributed by atoms with van der Waals surface area (Å²) in [7, 11) is 0. The van der Waals surface area contributed by atoms with Gasteiger partial charge in [0.15, 0.2) is 0 Å². The van der Waals surface area contributed by atoms with E-state index in [2.05, 4.69) is 21.1 Å². The number of nitrogens with zero attached hydrogens (tertiary/aromatic N) is 1. The van der Waals surface area contributed by atoms with Gasteiger partial charge in [0.05, 0.1) is 5.71 Å². The number of oxime groups is 1. The largest absolute Gasteiger partial charge is 0.411 e. The second-order valence-electron chi connectivity index (χ2n) is 3.31. The third-order valence-electron chi connectivity index (χ3n) is 2.43. The van der Waals surface area contributed by atoms with Crippen molar-refractivity contribution in [3.63, 3.8) is 0 Å². The molecule has 74 valence electrons. The van der Waals surface area contributed by atoms with Crippen LogP contribution < -0.4 is 0 Å². The number of fused-ring (bicyclic) bond motifs is 1. The van der Waals surface area contributed by atoms with Gasteiger partial charge in [0.25, 0.3) is 0 Å². The second kappa shape index (κ2) is 3.69. The molecule has 14 heavy (non-hydrogen) atoms. The lowest BCUT2D eigenvalue weighted by Gasteiger charge is -2.17. The Morgan fingerprint density at radius 1 is 1.36 bits per heavy atom. The summed E-state index contributed by atoms with van der Waals surface area (Å²) in [5.74, 6) is -0.227. The van der Waals surface area contributed by atoms with E-state index < -0.39 is 0 Å². The van der Waals surface area contributed by atoms with Crippen LogP contribution in [0.4, 0.5) is 4.39 Å². The lowest BCUT2D eigenvalue weighted by Crippen LogP contribution is -2.13. The van der Waals surface area contributed by atoms with E-state index in [4.69, 9.17) is 5.21 Å². The average molecular weight is 258 g/mol. The van der Waals surface area contributed by atoms with Crippen molar-refractivity contribution in [1.29, 1.82) is 0 Å². The van der Waals surface area contributed by atoms with Crippen LogP contribution in [0.2, 0.25) is 0 Å². The Morgan fingerprint density at radius 3 is 2.86 bits per heavy atom. The van der Waals surface area contributed by atoms with Crippen LogP contribution in [0.25, 0.3) is 0 Å². The van der Waals surface area contributed by atoms with Gasteiger partial charge in [0.1, 0.15) is 5.82 Å². The van der Waals surface area contributed by atoms with Crippen molar-refractivity contribution in [2.75, 3.05) is 0 Å². The summed E-state index contributed by atoms with van der Waals surface area (Å²) in [6, 6.07) is 3.24. The van der Waals surface area contributed by atoms with E-state index in [1.807, 2.05) is 0 Å². The minimum Gasteiger partial charge on any atom is -0.411 e. The third-order valence-corrected chi connectivity index (χ3v) is 2.89. The SMILES string of the molecule is O/N=C1\CCCc2c(F)cc(Br)cc21. The summed E-state index contributed by atoms with van der Waals surface area (Å²) in [5, 5.41) is 12.0. The first kappa shape index (κ1) is 9.65. The normalized spacial score (nSPS) is 18.3. The first-order valence-electron chi connectivity index (χ1n) is 4.41. The van der Waals surface area contributed by atoms with Gasteiger partial charge in [-0.25, -0.2) is 4.39 Å². The Balaban J connectivity index is 2.62. The summed E-state index contributed by atoms with van der Waals surface area (Å²) in [4.78, 5) is 0. The quantitative estimate of drug-likeness (QED) is 0.562. The second-order valence-corrected chi connectivity index (χ2v) is 4.23. The number of hydrogen-bond donors (Lipinski definition) is 1. The fraction of sp³-hybridized carbons (Fsp3) is 0.300. The molecule has 1 aromatic carbocycles. The van der Waals surface area contributed by atoms with Crippen molar-refractivity contribution in [3.8, 4) is 0 Å². The number of hydrogen-bond acceptors (Lipinski definition) is 2. The van der Waals surface area contributed by atoms with Crippen molar-refractivity contribution in [2.24, 2.45) is 5.16 Å². The van der Waals surface area contributed by atoms with Crippen molar-refractivity contribution < 1.29 is 9.60 Å². The number of benzene rings is 1. The van der Waals surface area contributed by atoms with Crippen LogP contribution in [0.3, 0.4) is 0 Å². The zero-order valence-corrected chi connectivity index (χ0v) is 9.01. The fourth-order valence-electron chi connectivity index (χ4n) is 1.79. The van der Waals surface area contributed by atoms with Gasteiger partial charge in [-0.15, -0.1) is 0 Å². The van der Waals surface area contributed by atoms with Crippen LogP contribution >= 0.6 is 15.9 Å². The number of rotatable bonds is 0. The molecule has 1 aromatic rings. The predicted molar refractivity (Wildman–Crippen MR) is 55.4 cm³/mol. The molecule has 0 aliphatic heterocycles. The molecule has 0 aromatic heterocycles. The standard InChI is InChI=1S/C10H9BrFNO/c11-6-4-8-7(9(12)5-6)2-1-3-10(8)13-14/h4-5,14H,1-3H2/b13-10+. The van der Waals surface area contributed by atoms with E-state index in [1.165, 1.54) is 6.07 Å². The van der Waals surface area contributed by atoms with Gasteiger partial charge in [0, 0.05) is 10.0 Å². The topological polar surface area (TPSA) is 32.6 Å². The van der Waals surface area contributed by atoms with Gasteiger partial charge in [-0.05, 0) is 37.0 Å². The fourth-order valence-corrected chi connectivity index (χ4v) is 2.22. The summed E-state index contributed by atoms with van der Waals surface area (Å²) >= 11 is 3.22. The molecular weight excluding hydrogens is 249 g/mol. The van der Waals surface area contributed by atoms with Crippen LogP contribution in [0.15, 0.2) is 21.8 Å². The van der Waals surface area contributed by atoms with E-state index in [0.717, 1.165) is 12.0 Å². The maximum absolute atomic E-state index is 13.5. The molecule has 0 heterocycles. The monoisotopic (exact) mass is 257 g/mol. The minimum atomic E-state index is -0.227. The van der Waals surface area contributed by atoms with E-state index >= 15 is 0 Å². The summed E-state index contributed by atoms with van der Waals surface area (Å²) in [6.45, 7) is 0. The highest BCUT2D eigenvalue weighted by atomic mass is 79.9. The molecule has 1 aliphatic carbocycles. The number of halogens is 2. The highest BCUT2D eigenvalue weighted by molar-refractivity contribution is 9.10. The highest BCUT2D eigenvalue weighted by Crippen LogP contribution is 2.27. The van der Waals surface area contributed by atoms with Gasteiger partial charge in [-0.2, -0.15) is 0 Å². The molecule has 0 radical (unpaired) electrons. The molecule has 0 unspecified atom stereocenters. The predicted octanol–water partition coefficient (Wildman–Crippen LogP) is 3.10. The Kier molecular flexibility index (Phi) is 2.54. The Hall–Kier alpha value is -0.900. The Morgan fingerprint density at radius 2 is 2.14 bits per heavy atom. The highest BCUT2D eigenvalue weighted by Gasteiger charge is 2.19. The van der Waals surface area contributed by atoms with Gasteiger partial charge in [-0.3, -0.25) is 0 Å². The van der Waals surface area contributed by atoms with Gasteiger partial charge < -0.3 is 5.21 Å². The van der Waals surface area contributed by atoms with Crippen LogP contribution in [0.1, 0.15) is 24.0 Å². The summed E-state index contributed by atoms with van der Waals surface area (Å²) in [5.41, 5.74) is 1.96. The molecule has 0 amide bonds. The Bertz CT molecular complexity index is 403. The van der Waals surface area contributed by atoms with E-state index in [0.29, 0.717) is 28.6 Å². The van der Waals surface area contributed by atoms with Crippen molar-refractivity contribution in [3.05, 3.63) is 33.5 Å². The third kappa shape index (κ3) is 1.54. The first-order valence-corrected chi connectivity index (χ1v) is 5.21. The molecule has 2 rings (SSSR count). The van der Waals surface area contributed by atoms with Crippen LogP contribution in [-0.4, -0.2) is 10.9 Å². The molecule has 4 heteroatoms. The first-order chi connectivity index (χ1) is 6.72. The zero-order chi connectivity index (χ0) is 10.1. The van der Waals surface area contributed by atoms with Crippen LogP contribution in [-0.2, 0) is 6.42 Å². The molecule has 2 nitrogen and oxygen atoms in total. The summed E-state index contributed by atoms with van der Waals surface area (Å²) in [6.07, 6.45) is 2.26. The van der Waals surface area contributed by atoms with Gasteiger partial charge in [-0.1, -0.05) is 21.1 Å². The average Bonchev–Trinajstić information content (AvgIpc) is 2.17. The lowest BCUT2D eigenvalue weighted by atomic mass is 9.90.